The summed E-state index contributed by atoms with van der Waals surface area (Å²) in [5, 5.41) is -0.101. The second kappa shape index (κ2) is 13.2. The molecule has 0 unspecified atom stereocenters. The zero-order valence-corrected chi connectivity index (χ0v) is 29.5. The molecule has 1 N–H and O–H groups in total. The van der Waals surface area contributed by atoms with E-state index in [9.17, 15) is 18.0 Å². The van der Waals surface area contributed by atoms with Crippen molar-refractivity contribution in [1.82, 2.24) is 4.72 Å². The maximum Gasteiger partial charge on any atom is 0.264 e. The van der Waals surface area contributed by atoms with E-state index < -0.39 is 26.8 Å². The van der Waals surface area contributed by atoms with Gasteiger partial charge < -0.3 is 14.4 Å². The molecule has 6 rings (SSSR count). The molecule has 0 saturated heterocycles. The highest BCUT2D eigenvalue weighted by atomic mass is 35.5. The zero-order valence-electron chi connectivity index (χ0n) is 27.9. The van der Waals surface area contributed by atoms with Crippen molar-refractivity contribution in [3.05, 3.63) is 70.3 Å². The minimum atomic E-state index is -3.98. The second-order valence-electron chi connectivity index (χ2n) is 14.3. The molecule has 0 radical (unpaired) electrons. The number of anilines is 1. The van der Waals surface area contributed by atoms with Crippen LogP contribution in [0.15, 0.2) is 48.6 Å². The minimum absolute atomic E-state index is 0.0936. The van der Waals surface area contributed by atoms with Gasteiger partial charge in [0.05, 0.1) is 23.1 Å². The van der Waals surface area contributed by atoms with Crippen LogP contribution < -0.4 is 14.4 Å². The first-order valence-electron chi connectivity index (χ1n) is 17.0. The predicted molar refractivity (Wildman–Crippen MR) is 185 cm³/mol. The molecule has 2 aliphatic carbocycles. The van der Waals surface area contributed by atoms with E-state index in [4.69, 9.17) is 21.1 Å². The number of Topliss-reactive ketones (excluding diaryl/α,β-unsaturated/α-hetero) is 1. The summed E-state index contributed by atoms with van der Waals surface area (Å²) in [6.07, 6.45) is 9.98. The molecule has 1 amide bonds. The Bertz CT molecular complexity index is 1680. The lowest BCUT2D eigenvalue weighted by molar-refractivity contribution is -0.130. The summed E-state index contributed by atoms with van der Waals surface area (Å²) in [5.74, 6) is 0.194. The number of benzene rings is 2. The first-order chi connectivity index (χ1) is 22.4. The summed E-state index contributed by atoms with van der Waals surface area (Å²) in [5.41, 5.74) is 2.44. The minimum Gasteiger partial charge on any atom is -0.490 e. The molecule has 2 bridgehead atoms. The van der Waals surface area contributed by atoms with Gasteiger partial charge in [-0.15, -0.1) is 0 Å². The van der Waals surface area contributed by atoms with Gasteiger partial charge in [-0.05, 0) is 105 Å². The molecule has 1 saturated carbocycles. The van der Waals surface area contributed by atoms with Gasteiger partial charge in [-0.1, -0.05) is 43.7 Å². The predicted octanol–water partition coefficient (Wildman–Crippen LogP) is 6.64. The van der Waals surface area contributed by atoms with E-state index >= 15 is 0 Å². The number of aryl methyl sites for hydroxylation is 1. The SMILES string of the molecule is CCC(=O)C[C@]1(OC)/C=C/C[C@H](C)[C@@H](C)S(=O)(=O)NC(=O)c2ccc3c(c2)N(C[C@@H]2CC[C@H]21)C[C@@]1(CCCc2cc(Cl)ccc21)CO3. The van der Waals surface area contributed by atoms with E-state index in [0.29, 0.717) is 38.3 Å². The summed E-state index contributed by atoms with van der Waals surface area (Å²) in [6, 6.07) is 11.4. The number of ether oxygens (including phenoxy) is 2. The number of ketones is 1. The first kappa shape index (κ1) is 34.0. The molecular weight excluding hydrogens is 636 g/mol. The Kier molecular flexibility index (Phi) is 9.55. The molecule has 2 aromatic carbocycles. The lowest BCUT2D eigenvalue weighted by atomic mass is 9.62. The molecule has 2 aliphatic heterocycles. The van der Waals surface area contributed by atoms with Gasteiger partial charge in [0.15, 0.2) is 0 Å². The molecular formula is C37H47ClN2O6S. The molecule has 254 valence electrons. The van der Waals surface area contributed by atoms with Crippen molar-refractivity contribution >= 4 is 39.0 Å². The molecule has 10 heteroatoms. The number of allylic oxidation sites excluding steroid dienone is 1. The lowest BCUT2D eigenvalue weighted by Gasteiger charge is -2.50. The van der Waals surface area contributed by atoms with Crippen LogP contribution in [0.4, 0.5) is 5.69 Å². The first-order valence-corrected chi connectivity index (χ1v) is 18.9. The molecule has 1 spiro atoms. The Morgan fingerprint density at radius 1 is 1.17 bits per heavy atom. The van der Waals surface area contributed by atoms with Crippen LogP contribution in [0, 0.1) is 17.8 Å². The van der Waals surface area contributed by atoms with Gasteiger partial charge in [-0.25, -0.2) is 13.1 Å². The highest BCUT2D eigenvalue weighted by molar-refractivity contribution is 7.90. The van der Waals surface area contributed by atoms with E-state index in [-0.39, 0.29) is 40.9 Å². The molecule has 2 aromatic rings. The number of rotatable bonds is 4. The van der Waals surface area contributed by atoms with Crippen LogP contribution in [-0.2, 0) is 31.4 Å². The van der Waals surface area contributed by atoms with Gasteiger partial charge in [0.2, 0.25) is 10.0 Å². The van der Waals surface area contributed by atoms with Crippen molar-refractivity contribution in [2.24, 2.45) is 17.8 Å². The molecule has 1 fully saturated rings. The van der Waals surface area contributed by atoms with Crippen LogP contribution >= 0.6 is 11.6 Å². The number of nitrogens with one attached hydrogen (secondary N) is 1. The van der Waals surface area contributed by atoms with Crippen molar-refractivity contribution in [2.75, 3.05) is 31.7 Å². The number of carbonyl (C=O) groups is 2. The normalized spacial score (nSPS) is 32.5. The van der Waals surface area contributed by atoms with Crippen LogP contribution in [0.5, 0.6) is 5.75 Å². The number of nitrogens with zero attached hydrogens (tertiary/aromatic N) is 1. The van der Waals surface area contributed by atoms with Crippen molar-refractivity contribution in [3.63, 3.8) is 0 Å². The Morgan fingerprint density at radius 3 is 2.70 bits per heavy atom. The fourth-order valence-corrected chi connectivity index (χ4v) is 9.75. The zero-order chi connectivity index (χ0) is 33.6. The quantitative estimate of drug-likeness (QED) is 0.361. The van der Waals surface area contributed by atoms with Gasteiger partial charge in [0, 0.05) is 49.0 Å². The summed E-state index contributed by atoms with van der Waals surface area (Å²) in [6.45, 7) is 7.20. The van der Waals surface area contributed by atoms with Gasteiger partial charge in [0.1, 0.15) is 11.5 Å². The van der Waals surface area contributed by atoms with Crippen LogP contribution in [0.1, 0.15) is 87.2 Å². The molecule has 8 nitrogen and oxygen atoms in total. The second-order valence-corrected chi connectivity index (χ2v) is 16.7. The number of halogens is 1. The van der Waals surface area contributed by atoms with Crippen LogP contribution in [0.3, 0.4) is 0 Å². The molecule has 4 aliphatic rings. The monoisotopic (exact) mass is 682 g/mol. The van der Waals surface area contributed by atoms with Crippen molar-refractivity contribution < 1.29 is 27.5 Å². The average Bonchev–Trinajstić information content (AvgIpc) is 3.18. The fourth-order valence-electron chi connectivity index (χ4n) is 8.27. The Labute approximate surface area is 284 Å². The third-order valence-corrected chi connectivity index (χ3v) is 13.6. The number of carbonyl (C=O) groups excluding carboxylic acids is 2. The highest BCUT2D eigenvalue weighted by Gasteiger charge is 2.49. The molecule has 0 aromatic heterocycles. The highest BCUT2D eigenvalue weighted by Crippen LogP contribution is 2.50. The summed E-state index contributed by atoms with van der Waals surface area (Å²) in [7, 11) is -2.29. The topological polar surface area (TPSA) is 102 Å². The van der Waals surface area contributed by atoms with Gasteiger partial charge in [0.25, 0.3) is 5.91 Å². The largest absolute Gasteiger partial charge is 0.490 e. The van der Waals surface area contributed by atoms with E-state index in [0.717, 1.165) is 42.8 Å². The van der Waals surface area contributed by atoms with E-state index in [1.165, 1.54) is 11.1 Å². The van der Waals surface area contributed by atoms with Crippen molar-refractivity contribution in [2.45, 2.75) is 88.4 Å². The lowest BCUT2D eigenvalue weighted by Crippen LogP contribution is -2.53. The fraction of sp³-hybridized carbons (Fsp3) is 0.568. The summed E-state index contributed by atoms with van der Waals surface area (Å²) >= 11 is 6.44. The van der Waals surface area contributed by atoms with Crippen molar-refractivity contribution in [3.8, 4) is 5.75 Å². The molecule has 2 heterocycles. The summed E-state index contributed by atoms with van der Waals surface area (Å²) in [4.78, 5) is 28.9. The van der Waals surface area contributed by atoms with E-state index in [1.807, 2.05) is 32.1 Å². The average molecular weight is 683 g/mol. The number of fused-ring (bicyclic) bond motifs is 4. The third kappa shape index (κ3) is 6.47. The molecule has 47 heavy (non-hydrogen) atoms. The Morgan fingerprint density at radius 2 is 1.98 bits per heavy atom. The van der Waals surface area contributed by atoms with E-state index in [2.05, 4.69) is 21.8 Å². The number of methoxy groups -OCH3 is 1. The van der Waals surface area contributed by atoms with Gasteiger partial charge in [-0.2, -0.15) is 0 Å². The van der Waals surface area contributed by atoms with Gasteiger partial charge in [-0.3, -0.25) is 9.59 Å². The van der Waals surface area contributed by atoms with Crippen LogP contribution in [0.2, 0.25) is 5.02 Å². The Hall–Kier alpha value is -2.88. The Balaban J connectivity index is 1.47. The number of hydrogen-bond donors (Lipinski definition) is 1. The number of hydrogen-bond acceptors (Lipinski definition) is 7. The maximum atomic E-state index is 13.5. The van der Waals surface area contributed by atoms with Crippen molar-refractivity contribution in [1.29, 1.82) is 0 Å². The maximum absolute atomic E-state index is 13.5. The number of sulfonamides is 1. The van der Waals surface area contributed by atoms with Gasteiger partial charge >= 0.3 is 0 Å². The van der Waals surface area contributed by atoms with Crippen LogP contribution in [-0.4, -0.2) is 57.8 Å². The van der Waals surface area contributed by atoms with E-state index in [1.54, 1.807) is 32.2 Å². The third-order valence-electron chi connectivity index (χ3n) is 11.5. The smallest absolute Gasteiger partial charge is 0.264 e. The number of amides is 1. The summed E-state index contributed by atoms with van der Waals surface area (Å²) < 4.78 is 42.1. The molecule has 6 atom stereocenters. The standard InChI is InChI=1S/C37H47ClN2O6S/c1-5-30(41)20-37(45-4)17-6-8-24(2)25(3)47(43,44)39-35(42)27-11-15-34-33(19-27)40(21-28-10-13-32(28)37)22-36(23-46-34)16-7-9-26-18-29(38)12-14-31(26)36/h6,11-12,14-15,17-19,24-25,28,32H,5,7-10,13,16,20-23H2,1-4H3,(H,39,42)/b17-6+/t24-,25+,28-,32+,36-,37+/m0/s1. The van der Waals surface area contributed by atoms with Crippen LogP contribution in [0.25, 0.3) is 0 Å².